The average molecular weight is 484 g/mol. The highest BCUT2D eigenvalue weighted by molar-refractivity contribution is 5.92. The normalized spacial score (nSPS) is 10.6. The molecule has 0 aliphatic carbocycles. The van der Waals surface area contributed by atoms with Crippen molar-refractivity contribution < 1.29 is 19.4 Å². The minimum atomic E-state index is -0.948. The third-order valence-electron chi connectivity index (χ3n) is 5.89. The molecule has 2 heterocycles. The fraction of sp³-hybridized carbons (Fsp3) is 0.207. The van der Waals surface area contributed by atoms with Crippen LogP contribution in [0.2, 0.25) is 0 Å². The zero-order valence-corrected chi connectivity index (χ0v) is 20.4. The summed E-state index contributed by atoms with van der Waals surface area (Å²) in [6, 6.07) is 20.7. The molecule has 4 aromatic rings. The van der Waals surface area contributed by atoms with Crippen molar-refractivity contribution >= 4 is 17.3 Å². The Morgan fingerprint density at radius 3 is 2.58 bits per heavy atom. The van der Waals surface area contributed by atoms with E-state index in [1.54, 1.807) is 31.6 Å². The summed E-state index contributed by atoms with van der Waals surface area (Å²) >= 11 is 0. The summed E-state index contributed by atoms with van der Waals surface area (Å²) in [4.78, 5) is 22.7. The number of rotatable bonds is 11. The first-order valence-electron chi connectivity index (χ1n) is 11.8. The van der Waals surface area contributed by atoms with Gasteiger partial charge in [-0.05, 0) is 60.0 Å². The zero-order chi connectivity index (χ0) is 25.3. The predicted molar refractivity (Wildman–Crippen MR) is 139 cm³/mol. The first kappa shape index (κ1) is 24.7. The van der Waals surface area contributed by atoms with Crippen LogP contribution in [0, 0.1) is 0 Å². The lowest BCUT2D eigenvalue weighted by molar-refractivity contribution is 0.0695. The molecule has 0 saturated carbocycles. The highest BCUT2D eigenvalue weighted by atomic mass is 16.5. The third kappa shape index (κ3) is 5.81. The first-order valence-corrected chi connectivity index (χ1v) is 11.8. The van der Waals surface area contributed by atoms with E-state index in [1.807, 2.05) is 67.7 Å². The molecule has 2 aromatic carbocycles. The van der Waals surface area contributed by atoms with Crippen LogP contribution in [0.1, 0.15) is 34.1 Å². The summed E-state index contributed by atoms with van der Waals surface area (Å²) in [7, 11) is 1.62. The minimum absolute atomic E-state index is 0.289. The molecule has 0 aliphatic rings. The van der Waals surface area contributed by atoms with Gasteiger partial charge in [0.25, 0.3) is 0 Å². The molecule has 0 atom stereocenters. The lowest BCUT2D eigenvalue weighted by atomic mass is 10.0. The van der Waals surface area contributed by atoms with Crippen LogP contribution < -0.4 is 14.4 Å². The van der Waals surface area contributed by atoms with Gasteiger partial charge >= 0.3 is 5.97 Å². The van der Waals surface area contributed by atoms with Crippen LogP contribution in [0.5, 0.6) is 11.5 Å². The lowest BCUT2D eigenvalue weighted by Crippen LogP contribution is -2.20. The maximum absolute atomic E-state index is 12.0. The molecule has 4 rings (SSSR count). The van der Waals surface area contributed by atoms with Gasteiger partial charge in [-0.2, -0.15) is 0 Å². The van der Waals surface area contributed by atoms with Crippen molar-refractivity contribution in [3.63, 3.8) is 0 Å². The summed E-state index contributed by atoms with van der Waals surface area (Å²) in [6.07, 6.45) is 6.52. The molecular weight excluding hydrogens is 454 g/mol. The van der Waals surface area contributed by atoms with Gasteiger partial charge in [0.05, 0.1) is 25.0 Å². The van der Waals surface area contributed by atoms with Gasteiger partial charge in [-0.3, -0.25) is 9.97 Å². The second-order valence-electron chi connectivity index (χ2n) is 8.16. The van der Waals surface area contributed by atoms with Crippen molar-refractivity contribution in [3.8, 4) is 11.5 Å². The standard InChI is InChI=1S/C29H29N3O4/c1-3-24-25(29(33)34)10-6-11-26(24)32(20-21-8-7-15-30-19-21)27-13-12-23(35-2)18-28(27)36-17-14-22-9-4-5-16-31-22/h4-13,15-16,18-19H,3,14,17,20H2,1-2H3,(H,33,34). The van der Waals surface area contributed by atoms with Crippen molar-refractivity contribution in [2.45, 2.75) is 26.3 Å². The van der Waals surface area contributed by atoms with Crippen molar-refractivity contribution in [2.24, 2.45) is 0 Å². The van der Waals surface area contributed by atoms with Crippen LogP contribution in [0.4, 0.5) is 11.4 Å². The summed E-state index contributed by atoms with van der Waals surface area (Å²) in [6.45, 7) is 2.87. The first-order chi connectivity index (χ1) is 17.6. The molecular formula is C29H29N3O4. The van der Waals surface area contributed by atoms with E-state index in [0.29, 0.717) is 37.5 Å². The van der Waals surface area contributed by atoms with E-state index in [0.717, 1.165) is 28.2 Å². The number of aromatic carboxylic acids is 1. The highest BCUT2D eigenvalue weighted by Crippen LogP contribution is 2.40. The fourth-order valence-corrected chi connectivity index (χ4v) is 4.15. The monoisotopic (exact) mass is 483 g/mol. The average Bonchev–Trinajstić information content (AvgIpc) is 2.92. The number of carboxylic acids is 1. The fourth-order valence-electron chi connectivity index (χ4n) is 4.15. The number of hydrogen-bond acceptors (Lipinski definition) is 6. The van der Waals surface area contributed by atoms with E-state index >= 15 is 0 Å². The van der Waals surface area contributed by atoms with Gasteiger partial charge in [0.1, 0.15) is 11.5 Å². The number of anilines is 2. The van der Waals surface area contributed by atoms with E-state index < -0.39 is 5.97 Å². The smallest absolute Gasteiger partial charge is 0.336 e. The van der Waals surface area contributed by atoms with Gasteiger partial charge in [-0.1, -0.05) is 25.1 Å². The molecule has 7 heteroatoms. The Bertz CT molecular complexity index is 1300. The van der Waals surface area contributed by atoms with Gasteiger partial charge < -0.3 is 19.5 Å². The van der Waals surface area contributed by atoms with Crippen molar-refractivity contribution in [2.75, 3.05) is 18.6 Å². The molecule has 0 amide bonds. The molecule has 7 nitrogen and oxygen atoms in total. The molecule has 2 aromatic heterocycles. The third-order valence-corrected chi connectivity index (χ3v) is 5.89. The van der Waals surface area contributed by atoms with Gasteiger partial charge in [-0.25, -0.2) is 4.79 Å². The molecule has 0 radical (unpaired) electrons. The van der Waals surface area contributed by atoms with Crippen LogP contribution in [0.25, 0.3) is 0 Å². The number of methoxy groups -OCH3 is 1. The Balaban J connectivity index is 1.77. The molecule has 0 saturated heterocycles. The van der Waals surface area contributed by atoms with Crippen LogP contribution in [0.15, 0.2) is 85.3 Å². The molecule has 184 valence electrons. The lowest BCUT2D eigenvalue weighted by Gasteiger charge is -2.30. The second kappa shape index (κ2) is 11.8. The Morgan fingerprint density at radius 1 is 1.00 bits per heavy atom. The van der Waals surface area contributed by atoms with Crippen LogP contribution >= 0.6 is 0 Å². The van der Waals surface area contributed by atoms with Gasteiger partial charge in [0.15, 0.2) is 0 Å². The Kier molecular flexibility index (Phi) is 8.13. The number of hydrogen-bond donors (Lipinski definition) is 1. The Labute approximate surface area is 211 Å². The van der Waals surface area contributed by atoms with Crippen molar-refractivity contribution in [1.29, 1.82) is 0 Å². The Hall–Kier alpha value is -4.39. The molecule has 0 spiro atoms. The SMILES string of the molecule is CCc1c(C(=O)O)cccc1N(Cc1cccnc1)c1ccc(OC)cc1OCCc1ccccn1. The molecule has 0 bridgehead atoms. The maximum Gasteiger partial charge on any atom is 0.336 e. The number of aromatic nitrogens is 2. The van der Waals surface area contributed by atoms with Gasteiger partial charge in [-0.15, -0.1) is 0 Å². The number of pyridine rings is 2. The summed E-state index contributed by atoms with van der Waals surface area (Å²) in [5.74, 6) is 0.358. The van der Waals surface area contributed by atoms with Crippen molar-refractivity contribution in [1.82, 2.24) is 9.97 Å². The van der Waals surface area contributed by atoms with E-state index in [-0.39, 0.29) is 5.56 Å². The molecule has 0 fully saturated rings. The molecule has 36 heavy (non-hydrogen) atoms. The van der Waals surface area contributed by atoms with E-state index in [1.165, 1.54) is 0 Å². The number of benzene rings is 2. The van der Waals surface area contributed by atoms with E-state index in [2.05, 4.69) is 14.9 Å². The number of carbonyl (C=O) groups is 1. The van der Waals surface area contributed by atoms with E-state index in [4.69, 9.17) is 9.47 Å². The highest BCUT2D eigenvalue weighted by Gasteiger charge is 2.22. The van der Waals surface area contributed by atoms with Crippen LogP contribution in [-0.4, -0.2) is 34.8 Å². The summed E-state index contributed by atoms with van der Waals surface area (Å²) in [5, 5.41) is 9.83. The number of carboxylic acid groups (broad SMARTS) is 1. The number of ether oxygens (including phenoxy) is 2. The Morgan fingerprint density at radius 2 is 1.89 bits per heavy atom. The van der Waals surface area contributed by atoms with Crippen LogP contribution in [-0.2, 0) is 19.4 Å². The molecule has 0 aliphatic heterocycles. The minimum Gasteiger partial charge on any atom is -0.497 e. The zero-order valence-electron chi connectivity index (χ0n) is 20.4. The quantitative estimate of drug-likeness (QED) is 0.293. The topological polar surface area (TPSA) is 84.8 Å². The van der Waals surface area contributed by atoms with Gasteiger partial charge in [0, 0.05) is 49.0 Å². The largest absolute Gasteiger partial charge is 0.497 e. The van der Waals surface area contributed by atoms with Crippen molar-refractivity contribution in [3.05, 3.63) is 108 Å². The van der Waals surface area contributed by atoms with E-state index in [9.17, 15) is 9.90 Å². The van der Waals surface area contributed by atoms with Gasteiger partial charge in [0.2, 0.25) is 0 Å². The summed E-state index contributed by atoms with van der Waals surface area (Å²) in [5.41, 5.74) is 4.58. The maximum atomic E-state index is 12.0. The predicted octanol–water partition coefficient (Wildman–Crippen LogP) is 5.71. The second-order valence-corrected chi connectivity index (χ2v) is 8.16. The molecule has 0 unspecified atom stereocenters. The number of nitrogens with zero attached hydrogens (tertiary/aromatic N) is 3. The van der Waals surface area contributed by atoms with Crippen LogP contribution in [0.3, 0.4) is 0 Å². The summed E-state index contributed by atoms with van der Waals surface area (Å²) < 4.78 is 11.8. The molecule has 1 N–H and O–H groups in total.